The number of fused-ring (bicyclic) bond motifs is 1. The van der Waals surface area contributed by atoms with Crippen molar-refractivity contribution in [3.63, 3.8) is 0 Å². The number of benzene rings is 1. The zero-order valence-electron chi connectivity index (χ0n) is 9.15. The van der Waals surface area contributed by atoms with E-state index in [1.807, 2.05) is 30.3 Å². The first-order valence-electron chi connectivity index (χ1n) is 5.21. The number of rotatable bonds is 3. The highest BCUT2D eigenvalue weighted by atomic mass is 79.9. The highest BCUT2D eigenvalue weighted by Gasteiger charge is 2.14. The van der Waals surface area contributed by atoms with Gasteiger partial charge in [0.2, 0.25) is 0 Å². The normalized spacial score (nSPS) is 12.3. The van der Waals surface area contributed by atoms with Gasteiger partial charge in [-0.05, 0) is 28.1 Å². The molecular formula is C13H12BrN3. The summed E-state index contributed by atoms with van der Waals surface area (Å²) in [7, 11) is 0. The van der Waals surface area contributed by atoms with Crippen LogP contribution in [-0.4, -0.2) is 4.98 Å². The van der Waals surface area contributed by atoms with Crippen molar-refractivity contribution in [1.29, 1.82) is 0 Å². The SMILES string of the molecule is C#CCC(NN)c1nc2ccccc2cc1Br. The molecule has 2 rings (SSSR count). The molecule has 0 amide bonds. The number of nitrogens with zero attached hydrogens (tertiary/aromatic N) is 1. The van der Waals surface area contributed by atoms with Crippen LogP contribution in [0.3, 0.4) is 0 Å². The zero-order chi connectivity index (χ0) is 12.3. The van der Waals surface area contributed by atoms with E-state index in [1.54, 1.807) is 0 Å². The van der Waals surface area contributed by atoms with Crippen LogP contribution in [0.1, 0.15) is 18.2 Å². The molecule has 1 unspecified atom stereocenters. The third-order valence-corrected chi connectivity index (χ3v) is 3.19. The van der Waals surface area contributed by atoms with E-state index in [2.05, 4.69) is 32.3 Å². The van der Waals surface area contributed by atoms with Crippen LogP contribution in [0.25, 0.3) is 10.9 Å². The van der Waals surface area contributed by atoms with Crippen molar-refractivity contribution < 1.29 is 0 Å². The Hall–Kier alpha value is -1.41. The minimum atomic E-state index is -0.140. The lowest BCUT2D eigenvalue weighted by atomic mass is 10.1. The summed E-state index contributed by atoms with van der Waals surface area (Å²) in [5.74, 6) is 8.09. The largest absolute Gasteiger partial charge is 0.271 e. The molecule has 1 heterocycles. The van der Waals surface area contributed by atoms with E-state index in [-0.39, 0.29) is 6.04 Å². The molecule has 0 spiro atoms. The average molecular weight is 290 g/mol. The number of aromatic nitrogens is 1. The molecule has 3 nitrogen and oxygen atoms in total. The van der Waals surface area contributed by atoms with Gasteiger partial charge in [0.25, 0.3) is 0 Å². The summed E-state index contributed by atoms with van der Waals surface area (Å²) in [5, 5.41) is 1.08. The Labute approximate surface area is 109 Å². The van der Waals surface area contributed by atoms with Crippen molar-refractivity contribution in [2.75, 3.05) is 0 Å². The minimum Gasteiger partial charge on any atom is -0.271 e. The Bertz CT molecular complexity index is 574. The summed E-state index contributed by atoms with van der Waals surface area (Å²) in [6, 6.07) is 9.81. The molecule has 0 saturated carbocycles. The minimum absolute atomic E-state index is 0.140. The third kappa shape index (κ3) is 2.47. The van der Waals surface area contributed by atoms with Gasteiger partial charge in [0.15, 0.2) is 0 Å². The molecule has 0 fully saturated rings. The Morgan fingerprint density at radius 3 is 2.94 bits per heavy atom. The highest BCUT2D eigenvalue weighted by Crippen LogP contribution is 2.26. The number of nitrogens with one attached hydrogen (secondary N) is 1. The van der Waals surface area contributed by atoms with Crippen molar-refractivity contribution in [3.05, 3.63) is 40.5 Å². The second kappa shape index (κ2) is 5.28. The second-order valence-electron chi connectivity index (χ2n) is 3.68. The Morgan fingerprint density at radius 1 is 1.47 bits per heavy atom. The van der Waals surface area contributed by atoms with Crippen LogP contribution in [-0.2, 0) is 0 Å². The summed E-state index contributed by atoms with van der Waals surface area (Å²) in [6.45, 7) is 0. The quantitative estimate of drug-likeness (QED) is 0.519. The molecule has 4 heteroatoms. The number of nitrogens with two attached hydrogens (primary N) is 1. The molecule has 86 valence electrons. The summed E-state index contributed by atoms with van der Waals surface area (Å²) in [4.78, 5) is 4.58. The summed E-state index contributed by atoms with van der Waals surface area (Å²) in [6.07, 6.45) is 5.82. The molecule has 1 aromatic carbocycles. The van der Waals surface area contributed by atoms with E-state index in [0.717, 1.165) is 21.1 Å². The van der Waals surface area contributed by atoms with Gasteiger partial charge < -0.3 is 0 Å². The Balaban J connectivity index is 2.53. The van der Waals surface area contributed by atoms with E-state index in [0.29, 0.717) is 6.42 Å². The lowest BCUT2D eigenvalue weighted by molar-refractivity contribution is 0.553. The monoisotopic (exact) mass is 289 g/mol. The van der Waals surface area contributed by atoms with E-state index in [4.69, 9.17) is 12.3 Å². The van der Waals surface area contributed by atoms with Crippen LogP contribution in [0.4, 0.5) is 0 Å². The number of hydrogen-bond acceptors (Lipinski definition) is 3. The molecule has 1 aromatic heterocycles. The van der Waals surface area contributed by atoms with Crippen LogP contribution >= 0.6 is 15.9 Å². The number of hydrogen-bond donors (Lipinski definition) is 2. The van der Waals surface area contributed by atoms with E-state index < -0.39 is 0 Å². The van der Waals surface area contributed by atoms with Gasteiger partial charge in [-0.3, -0.25) is 11.3 Å². The van der Waals surface area contributed by atoms with Crippen molar-refractivity contribution in [2.45, 2.75) is 12.5 Å². The molecule has 17 heavy (non-hydrogen) atoms. The number of hydrazine groups is 1. The van der Waals surface area contributed by atoms with Crippen molar-refractivity contribution in [2.24, 2.45) is 5.84 Å². The fourth-order valence-electron chi connectivity index (χ4n) is 1.70. The summed E-state index contributed by atoms with van der Waals surface area (Å²) in [5.41, 5.74) is 4.46. The van der Waals surface area contributed by atoms with E-state index in [9.17, 15) is 0 Å². The number of terminal acetylenes is 1. The molecule has 0 radical (unpaired) electrons. The van der Waals surface area contributed by atoms with Gasteiger partial charge >= 0.3 is 0 Å². The second-order valence-corrected chi connectivity index (χ2v) is 4.53. The van der Waals surface area contributed by atoms with Gasteiger partial charge in [0.05, 0.1) is 17.3 Å². The first-order valence-corrected chi connectivity index (χ1v) is 6.00. The van der Waals surface area contributed by atoms with Gasteiger partial charge in [-0.15, -0.1) is 12.3 Å². The fourth-order valence-corrected chi connectivity index (χ4v) is 2.31. The van der Waals surface area contributed by atoms with E-state index in [1.165, 1.54) is 0 Å². The van der Waals surface area contributed by atoms with Crippen LogP contribution in [0.2, 0.25) is 0 Å². The van der Waals surface area contributed by atoms with Crippen molar-refractivity contribution in [1.82, 2.24) is 10.4 Å². The molecule has 0 aliphatic carbocycles. The maximum absolute atomic E-state index is 5.50. The van der Waals surface area contributed by atoms with Gasteiger partial charge in [0.1, 0.15) is 0 Å². The average Bonchev–Trinajstić information content (AvgIpc) is 2.35. The standard InChI is InChI=1S/C13H12BrN3/c1-2-5-12(17-15)13-10(14)8-9-6-3-4-7-11(9)16-13/h1,3-4,6-8,12,17H,5,15H2. The van der Waals surface area contributed by atoms with Crippen LogP contribution in [0, 0.1) is 12.3 Å². The number of para-hydroxylation sites is 1. The topological polar surface area (TPSA) is 50.9 Å². The molecule has 0 saturated heterocycles. The van der Waals surface area contributed by atoms with Crippen LogP contribution in [0.15, 0.2) is 34.8 Å². The highest BCUT2D eigenvalue weighted by molar-refractivity contribution is 9.10. The summed E-state index contributed by atoms with van der Waals surface area (Å²) < 4.78 is 0.911. The van der Waals surface area contributed by atoms with Crippen molar-refractivity contribution in [3.8, 4) is 12.3 Å². The van der Waals surface area contributed by atoms with Gasteiger partial charge in [-0.1, -0.05) is 18.2 Å². The Kier molecular flexibility index (Phi) is 3.75. The van der Waals surface area contributed by atoms with Gasteiger partial charge in [-0.2, -0.15) is 0 Å². The zero-order valence-corrected chi connectivity index (χ0v) is 10.7. The number of pyridine rings is 1. The van der Waals surface area contributed by atoms with Gasteiger partial charge in [0, 0.05) is 16.3 Å². The summed E-state index contributed by atoms with van der Waals surface area (Å²) >= 11 is 3.50. The lowest BCUT2D eigenvalue weighted by Crippen LogP contribution is -2.28. The Morgan fingerprint density at radius 2 is 2.24 bits per heavy atom. The molecule has 0 aliphatic rings. The van der Waals surface area contributed by atoms with Gasteiger partial charge in [-0.25, -0.2) is 4.98 Å². The molecular weight excluding hydrogens is 278 g/mol. The lowest BCUT2D eigenvalue weighted by Gasteiger charge is -2.14. The molecule has 2 aromatic rings. The molecule has 1 atom stereocenters. The first kappa shape index (κ1) is 12.1. The smallest absolute Gasteiger partial charge is 0.0752 e. The third-order valence-electron chi connectivity index (χ3n) is 2.56. The predicted molar refractivity (Wildman–Crippen MR) is 73.0 cm³/mol. The van der Waals surface area contributed by atoms with Crippen molar-refractivity contribution >= 4 is 26.8 Å². The molecule has 3 N–H and O–H groups in total. The molecule has 0 bridgehead atoms. The maximum atomic E-state index is 5.50. The fraction of sp³-hybridized carbons (Fsp3) is 0.154. The predicted octanol–water partition coefficient (Wildman–Crippen LogP) is 2.53. The number of halogens is 1. The van der Waals surface area contributed by atoms with Crippen LogP contribution in [0.5, 0.6) is 0 Å². The van der Waals surface area contributed by atoms with E-state index >= 15 is 0 Å². The maximum Gasteiger partial charge on any atom is 0.0752 e. The van der Waals surface area contributed by atoms with Crippen LogP contribution < -0.4 is 11.3 Å². The first-order chi connectivity index (χ1) is 8.26. The molecule has 0 aliphatic heterocycles.